The Hall–Kier alpha value is -4.01. The number of hydrogen-bond acceptors (Lipinski definition) is 7. The van der Waals surface area contributed by atoms with Gasteiger partial charge in [-0.25, -0.2) is 19.3 Å². The zero-order valence-electron chi connectivity index (χ0n) is 16.3. The van der Waals surface area contributed by atoms with Crippen molar-refractivity contribution < 1.29 is 13.9 Å². The summed E-state index contributed by atoms with van der Waals surface area (Å²) in [5.41, 5.74) is 7.27. The first-order chi connectivity index (χ1) is 14.6. The zero-order valence-corrected chi connectivity index (χ0v) is 16.3. The number of carbonyl (C=O) groups is 1. The summed E-state index contributed by atoms with van der Waals surface area (Å²) in [6.07, 6.45) is 7.94. The van der Waals surface area contributed by atoms with Crippen molar-refractivity contribution in [2.24, 2.45) is 0 Å². The molecule has 3 rings (SSSR count). The molecule has 0 atom stereocenters. The average molecular weight is 408 g/mol. The van der Waals surface area contributed by atoms with Crippen LogP contribution in [0.2, 0.25) is 0 Å². The molecule has 0 aliphatic carbocycles. The van der Waals surface area contributed by atoms with Crippen LogP contribution in [0.4, 0.5) is 21.6 Å². The molecule has 2 aromatic heterocycles. The molecule has 0 saturated carbocycles. The van der Waals surface area contributed by atoms with Crippen molar-refractivity contribution in [3.63, 3.8) is 0 Å². The molecule has 3 aromatic rings. The average Bonchev–Trinajstić information content (AvgIpc) is 2.75. The standard InChI is InChI=1S/C21H21FN6O2/c1-2-3-9-30-19-13-26-18(12-27-19)21(29)28-15-6-7-16(22)14(10-15)11-25-17-5-4-8-24-20(17)23/h2-8,10,12-13,25H,9,11H2,1H3,(H2,23,24)(H,28,29)/b3-2+. The van der Waals surface area contributed by atoms with Gasteiger partial charge in [-0.05, 0) is 37.3 Å². The van der Waals surface area contributed by atoms with Gasteiger partial charge in [0.05, 0.1) is 18.1 Å². The van der Waals surface area contributed by atoms with Crippen molar-refractivity contribution in [2.45, 2.75) is 13.5 Å². The Labute approximate surface area is 173 Å². The van der Waals surface area contributed by atoms with Gasteiger partial charge in [-0.15, -0.1) is 0 Å². The molecule has 2 heterocycles. The summed E-state index contributed by atoms with van der Waals surface area (Å²) >= 11 is 0. The summed E-state index contributed by atoms with van der Waals surface area (Å²) in [5, 5.41) is 5.71. The van der Waals surface area contributed by atoms with E-state index in [1.807, 2.05) is 19.1 Å². The summed E-state index contributed by atoms with van der Waals surface area (Å²) in [6.45, 7) is 2.42. The van der Waals surface area contributed by atoms with Gasteiger partial charge >= 0.3 is 0 Å². The van der Waals surface area contributed by atoms with Crippen LogP contribution in [-0.2, 0) is 6.54 Å². The van der Waals surface area contributed by atoms with Crippen molar-refractivity contribution in [3.05, 3.63) is 78.1 Å². The molecule has 1 amide bonds. The van der Waals surface area contributed by atoms with Gasteiger partial charge in [0.15, 0.2) is 0 Å². The van der Waals surface area contributed by atoms with Gasteiger partial charge in [-0.2, -0.15) is 0 Å². The van der Waals surface area contributed by atoms with Gasteiger partial charge in [0.2, 0.25) is 5.88 Å². The van der Waals surface area contributed by atoms with E-state index in [9.17, 15) is 9.18 Å². The van der Waals surface area contributed by atoms with E-state index in [0.29, 0.717) is 35.2 Å². The van der Waals surface area contributed by atoms with Crippen LogP contribution >= 0.6 is 0 Å². The lowest BCUT2D eigenvalue weighted by atomic mass is 10.1. The summed E-state index contributed by atoms with van der Waals surface area (Å²) in [4.78, 5) is 24.5. The van der Waals surface area contributed by atoms with Crippen LogP contribution in [0.3, 0.4) is 0 Å². The number of rotatable bonds is 8. The van der Waals surface area contributed by atoms with Crippen molar-refractivity contribution >= 4 is 23.1 Å². The van der Waals surface area contributed by atoms with E-state index in [1.54, 1.807) is 18.3 Å². The number of hydrogen-bond donors (Lipinski definition) is 3. The third-order valence-corrected chi connectivity index (χ3v) is 4.04. The van der Waals surface area contributed by atoms with Crippen LogP contribution in [-0.4, -0.2) is 27.5 Å². The molecule has 0 fully saturated rings. The number of carbonyl (C=O) groups excluding carboxylic acids is 1. The Morgan fingerprint density at radius 2 is 2.10 bits per heavy atom. The molecule has 154 valence electrons. The maximum absolute atomic E-state index is 14.2. The fraction of sp³-hybridized carbons (Fsp3) is 0.143. The minimum Gasteiger partial charge on any atom is -0.472 e. The maximum Gasteiger partial charge on any atom is 0.275 e. The highest BCUT2D eigenvalue weighted by atomic mass is 19.1. The third kappa shape index (κ3) is 5.51. The van der Waals surface area contributed by atoms with Crippen molar-refractivity contribution in [1.82, 2.24) is 15.0 Å². The van der Waals surface area contributed by atoms with E-state index in [-0.39, 0.29) is 12.2 Å². The molecular weight excluding hydrogens is 387 g/mol. The Balaban J connectivity index is 1.64. The van der Waals surface area contributed by atoms with Crippen molar-refractivity contribution in [3.8, 4) is 5.88 Å². The molecule has 9 heteroatoms. The first-order valence-electron chi connectivity index (χ1n) is 9.17. The van der Waals surface area contributed by atoms with Crippen LogP contribution < -0.4 is 21.1 Å². The lowest BCUT2D eigenvalue weighted by Gasteiger charge is -2.11. The first-order valence-corrected chi connectivity index (χ1v) is 9.17. The number of amides is 1. The number of nitrogens with two attached hydrogens (primary N) is 1. The number of nitrogen functional groups attached to an aromatic ring is 1. The monoisotopic (exact) mass is 408 g/mol. The number of nitrogens with zero attached hydrogens (tertiary/aromatic N) is 3. The van der Waals surface area contributed by atoms with Crippen LogP contribution in [0.15, 0.2) is 61.1 Å². The first kappa shape index (κ1) is 20.7. The molecule has 30 heavy (non-hydrogen) atoms. The summed E-state index contributed by atoms with van der Waals surface area (Å²) < 4.78 is 19.5. The molecule has 0 bridgehead atoms. The van der Waals surface area contributed by atoms with Gasteiger partial charge in [-0.1, -0.05) is 12.2 Å². The molecule has 0 saturated heterocycles. The molecule has 0 aliphatic heterocycles. The highest BCUT2D eigenvalue weighted by molar-refractivity contribution is 6.02. The van der Waals surface area contributed by atoms with Crippen LogP contribution in [0.25, 0.3) is 0 Å². The predicted molar refractivity (Wildman–Crippen MR) is 113 cm³/mol. The van der Waals surface area contributed by atoms with Gasteiger partial charge in [0, 0.05) is 24.0 Å². The Bertz CT molecular complexity index is 1040. The fourth-order valence-corrected chi connectivity index (χ4v) is 2.48. The molecule has 0 spiro atoms. The molecule has 4 N–H and O–H groups in total. The van der Waals surface area contributed by atoms with Gasteiger partial charge in [0.25, 0.3) is 5.91 Å². The fourth-order valence-electron chi connectivity index (χ4n) is 2.48. The normalized spacial score (nSPS) is 10.7. The quantitative estimate of drug-likeness (QED) is 0.489. The van der Waals surface area contributed by atoms with Gasteiger partial charge in [-0.3, -0.25) is 4.79 Å². The molecule has 1 aromatic carbocycles. The number of aromatic nitrogens is 3. The Morgan fingerprint density at radius 1 is 1.23 bits per heavy atom. The number of ether oxygens (including phenoxy) is 1. The second kappa shape index (κ2) is 9.97. The smallest absolute Gasteiger partial charge is 0.275 e. The highest BCUT2D eigenvalue weighted by Gasteiger charge is 2.11. The molecular formula is C21H21FN6O2. The summed E-state index contributed by atoms with van der Waals surface area (Å²) in [7, 11) is 0. The van der Waals surface area contributed by atoms with Crippen molar-refractivity contribution in [1.29, 1.82) is 0 Å². The summed E-state index contributed by atoms with van der Waals surface area (Å²) in [6, 6.07) is 7.76. The number of pyridine rings is 1. The van der Waals surface area contributed by atoms with E-state index in [0.717, 1.165) is 0 Å². The topological polar surface area (TPSA) is 115 Å². The van der Waals surface area contributed by atoms with Gasteiger partial charge < -0.3 is 21.1 Å². The number of anilines is 3. The molecule has 0 radical (unpaired) electrons. The number of nitrogens with one attached hydrogen (secondary N) is 2. The SMILES string of the molecule is C/C=C/COc1cnc(C(=O)Nc2ccc(F)c(CNc3cccnc3N)c2)cn1. The Kier molecular flexibility index (Phi) is 6.88. The second-order valence-corrected chi connectivity index (χ2v) is 6.17. The molecule has 8 nitrogen and oxygen atoms in total. The Morgan fingerprint density at radius 3 is 2.83 bits per heavy atom. The maximum atomic E-state index is 14.2. The van der Waals surface area contributed by atoms with E-state index >= 15 is 0 Å². The third-order valence-electron chi connectivity index (χ3n) is 4.04. The second-order valence-electron chi connectivity index (χ2n) is 6.17. The molecule has 0 aliphatic rings. The van der Waals surface area contributed by atoms with E-state index in [1.165, 1.54) is 30.6 Å². The zero-order chi connectivity index (χ0) is 21.3. The van der Waals surface area contributed by atoms with Crippen LogP contribution in [0.5, 0.6) is 5.88 Å². The largest absolute Gasteiger partial charge is 0.472 e. The number of halogens is 1. The number of allylic oxidation sites excluding steroid dienone is 1. The predicted octanol–water partition coefficient (Wildman–Crippen LogP) is 3.41. The van der Waals surface area contributed by atoms with Crippen molar-refractivity contribution in [2.75, 3.05) is 23.0 Å². The molecule has 0 unspecified atom stereocenters. The van der Waals surface area contributed by atoms with E-state index < -0.39 is 11.7 Å². The minimum absolute atomic E-state index is 0.112. The lowest BCUT2D eigenvalue weighted by molar-refractivity contribution is 0.102. The van der Waals surface area contributed by atoms with Crippen LogP contribution in [0, 0.1) is 5.82 Å². The minimum atomic E-state index is -0.468. The van der Waals surface area contributed by atoms with Gasteiger partial charge in [0.1, 0.15) is 23.9 Å². The highest BCUT2D eigenvalue weighted by Crippen LogP contribution is 2.19. The summed E-state index contributed by atoms with van der Waals surface area (Å²) in [5.74, 6) is -0.247. The number of benzene rings is 1. The lowest BCUT2D eigenvalue weighted by Crippen LogP contribution is -2.15. The van der Waals surface area contributed by atoms with E-state index in [4.69, 9.17) is 10.5 Å². The van der Waals surface area contributed by atoms with Crippen LogP contribution in [0.1, 0.15) is 23.0 Å². The van der Waals surface area contributed by atoms with E-state index in [2.05, 4.69) is 25.6 Å².